The molecular weight excluding hydrogens is 275 g/mol. The molecule has 6 heteroatoms. The summed E-state index contributed by atoms with van der Waals surface area (Å²) in [5, 5.41) is 23.8. The van der Waals surface area contributed by atoms with Crippen molar-refractivity contribution in [3.8, 4) is 0 Å². The topological polar surface area (TPSA) is 52.1 Å². The largest absolute Gasteiger partial charge is 0.567 e. The minimum atomic E-state index is -0.385. The molecule has 2 aliphatic rings. The van der Waals surface area contributed by atoms with Crippen LogP contribution in [0.2, 0.25) is 0 Å². The van der Waals surface area contributed by atoms with Gasteiger partial charge in [0.25, 0.3) is 0 Å². The summed E-state index contributed by atoms with van der Waals surface area (Å²) in [4.78, 5) is 1.12. The fourth-order valence-electron chi connectivity index (χ4n) is 2.92. The van der Waals surface area contributed by atoms with Crippen LogP contribution in [0.5, 0.6) is 0 Å². The van der Waals surface area contributed by atoms with Crippen LogP contribution in [0.4, 0.5) is 0 Å². The molecule has 4 atom stereocenters. The first-order valence-electron chi connectivity index (χ1n) is 6.82. The van der Waals surface area contributed by atoms with Crippen molar-refractivity contribution in [1.82, 2.24) is 0 Å². The average molecular weight is 295 g/mol. The molecule has 0 radical (unpaired) electrons. The summed E-state index contributed by atoms with van der Waals surface area (Å²) in [6, 6.07) is -0.771. The van der Waals surface area contributed by atoms with Crippen LogP contribution in [0.25, 0.3) is 0 Å². The van der Waals surface area contributed by atoms with Crippen molar-refractivity contribution < 1.29 is 9.72 Å². The molecule has 0 aromatic carbocycles. The van der Waals surface area contributed by atoms with E-state index >= 15 is 0 Å². The molecule has 0 heterocycles. The maximum atomic E-state index is 12.1. The zero-order valence-electron chi connectivity index (χ0n) is 10.4. The predicted octanol–water partition coefficient (Wildman–Crippen LogP) is 3.56. The third kappa shape index (κ3) is 3.02. The van der Waals surface area contributed by atoms with Crippen molar-refractivity contribution in [2.75, 3.05) is 0 Å². The van der Waals surface area contributed by atoms with Crippen molar-refractivity contribution in [2.24, 2.45) is 0 Å². The summed E-state index contributed by atoms with van der Waals surface area (Å²) in [7, 11) is 0. The maximum Gasteiger partial charge on any atom is 0.245 e. The summed E-state index contributed by atoms with van der Waals surface area (Å²) < 4.78 is 0. The van der Waals surface area contributed by atoms with E-state index in [1.54, 1.807) is 0 Å². The van der Waals surface area contributed by atoms with E-state index in [0.717, 1.165) is 38.5 Å². The summed E-state index contributed by atoms with van der Waals surface area (Å²) in [5.74, 6) is 0. The Kier molecular flexibility index (Phi) is 4.96. The molecule has 0 spiro atoms. The van der Waals surface area contributed by atoms with Gasteiger partial charge in [-0.25, -0.2) is 0 Å². The quantitative estimate of drug-likeness (QED) is 0.338. The number of rotatable bonds is 2. The first-order valence-corrected chi connectivity index (χ1v) is 7.69. The molecule has 0 aromatic rings. The molecule has 4 nitrogen and oxygen atoms in total. The molecule has 104 valence electrons. The lowest BCUT2D eigenvalue weighted by Crippen LogP contribution is -2.44. The van der Waals surface area contributed by atoms with E-state index in [4.69, 9.17) is 23.2 Å². The van der Waals surface area contributed by atoms with Gasteiger partial charge in [0.2, 0.25) is 12.1 Å². The third-order valence-electron chi connectivity index (χ3n) is 4.06. The number of hydroxylamine groups is 2. The Morgan fingerprint density at radius 3 is 1.33 bits per heavy atom. The normalized spacial score (nSPS) is 39.2. The second-order valence-corrected chi connectivity index (χ2v) is 6.46. The molecule has 2 rings (SSSR count). The van der Waals surface area contributed by atoms with Gasteiger partial charge in [0.15, 0.2) is 0 Å². The Balaban J connectivity index is 2.12. The Morgan fingerprint density at radius 1 is 0.667 bits per heavy atom. The highest BCUT2D eigenvalue weighted by Crippen LogP contribution is 2.28. The number of azo groups is 1. The van der Waals surface area contributed by atoms with E-state index in [1.165, 1.54) is 0 Å². The van der Waals surface area contributed by atoms with E-state index in [0.29, 0.717) is 22.6 Å². The van der Waals surface area contributed by atoms with Crippen LogP contribution in [-0.2, 0) is 0 Å². The van der Waals surface area contributed by atoms with Gasteiger partial charge in [-0.3, -0.25) is 0 Å². The predicted molar refractivity (Wildman–Crippen MR) is 71.0 cm³/mol. The highest BCUT2D eigenvalue weighted by Gasteiger charge is 2.39. The van der Waals surface area contributed by atoms with Gasteiger partial charge in [0, 0.05) is 22.6 Å². The van der Waals surface area contributed by atoms with Gasteiger partial charge < -0.3 is 10.4 Å². The number of alkyl halides is 2. The Morgan fingerprint density at radius 2 is 1.00 bits per heavy atom. The van der Waals surface area contributed by atoms with E-state index in [9.17, 15) is 10.4 Å². The Bertz CT molecular complexity index is 295. The monoisotopic (exact) mass is 294 g/mol. The lowest BCUT2D eigenvalue weighted by atomic mass is 9.94. The second-order valence-electron chi connectivity index (χ2n) is 5.34. The summed E-state index contributed by atoms with van der Waals surface area (Å²) in [6.07, 6.45) is 7.05. The highest BCUT2D eigenvalue weighted by atomic mass is 35.5. The van der Waals surface area contributed by atoms with Crippen LogP contribution in [0.1, 0.15) is 51.4 Å². The number of hydrogen-bond donors (Lipinski definition) is 0. The van der Waals surface area contributed by atoms with E-state index in [1.807, 2.05) is 0 Å². The Labute approximate surface area is 118 Å². The number of halogens is 2. The number of hydrogen-bond acceptors (Lipinski definition) is 2. The van der Waals surface area contributed by atoms with Crippen LogP contribution < -0.4 is 0 Å². The fourth-order valence-corrected chi connectivity index (χ4v) is 3.68. The minimum absolute atomic E-state index is 0.218. The van der Waals surface area contributed by atoms with Gasteiger partial charge in [-0.15, -0.1) is 23.2 Å². The van der Waals surface area contributed by atoms with Gasteiger partial charge >= 0.3 is 0 Å². The average Bonchev–Trinajstić information content (AvgIpc) is 2.38. The molecule has 18 heavy (non-hydrogen) atoms. The summed E-state index contributed by atoms with van der Waals surface area (Å²) in [6.45, 7) is 0. The second kappa shape index (κ2) is 6.29. The number of nitrogens with zero attached hydrogens (tertiary/aromatic N) is 2. The van der Waals surface area contributed by atoms with Crippen molar-refractivity contribution >= 4 is 23.2 Å². The Hall–Kier alpha value is -0.220. The van der Waals surface area contributed by atoms with Crippen molar-refractivity contribution in [1.29, 1.82) is 0 Å². The lowest BCUT2D eigenvalue weighted by molar-refractivity contribution is -0.997. The highest BCUT2D eigenvalue weighted by molar-refractivity contribution is 6.21. The molecule has 0 N–H and O–H groups in total. The van der Waals surface area contributed by atoms with Crippen LogP contribution in [0, 0.1) is 10.4 Å². The van der Waals surface area contributed by atoms with Gasteiger partial charge in [-0.2, -0.15) is 0 Å². The molecule has 4 unspecified atom stereocenters. The van der Waals surface area contributed by atoms with Crippen molar-refractivity contribution in [2.45, 2.75) is 74.2 Å². The lowest BCUT2D eigenvalue weighted by Gasteiger charge is -2.26. The van der Waals surface area contributed by atoms with E-state index < -0.39 is 0 Å². The summed E-state index contributed by atoms with van der Waals surface area (Å²) in [5.41, 5.74) is 0. The van der Waals surface area contributed by atoms with Gasteiger partial charge in [0.1, 0.15) is 10.8 Å². The first kappa shape index (κ1) is 14.2. The van der Waals surface area contributed by atoms with Gasteiger partial charge in [-0.1, -0.05) is 12.8 Å². The first-order chi connectivity index (χ1) is 8.61. The summed E-state index contributed by atoms with van der Waals surface area (Å²) >= 11 is 12.3. The SMILES string of the molecule is [O-]/[N+](C1CCCCC1Cl)=[N+](/[O-])C1CCCCC1Cl. The zero-order valence-corrected chi connectivity index (χ0v) is 11.9. The molecule has 0 aliphatic heterocycles. The maximum absolute atomic E-state index is 12.1. The van der Waals surface area contributed by atoms with Crippen molar-refractivity contribution in [3.05, 3.63) is 10.4 Å². The van der Waals surface area contributed by atoms with Gasteiger partial charge in [-0.05, 0) is 25.7 Å². The fraction of sp³-hybridized carbons (Fsp3) is 1.00. The molecule has 0 amide bonds. The molecule has 0 aromatic heterocycles. The molecule has 2 fully saturated rings. The zero-order chi connectivity index (χ0) is 13.1. The van der Waals surface area contributed by atoms with Crippen LogP contribution in [0.3, 0.4) is 0 Å². The van der Waals surface area contributed by atoms with Gasteiger partial charge in [0.05, 0.1) is 0 Å². The molecule has 2 saturated carbocycles. The standard InChI is InChI=1S/C12H20Cl2N2O2/c13-9-5-1-3-7-11(9)15(17)16(18)12-8-4-2-6-10(12)14/h9-12H,1-8H2/b16-15+. The van der Waals surface area contributed by atoms with Crippen LogP contribution in [0.15, 0.2) is 0 Å². The third-order valence-corrected chi connectivity index (χ3v) is 5.07. The molecular formula is C12H20Cl2N2O2. The van der Waals surface area contributed by atoms with Crippen LogP contribution >= 0.6 is 23.2 Å². The minimum Gasteiger partial charge on any atom is -0.567 e. The van der Waals surface area contributed by atoms with Crippen LogP contribution in [-0.4, -0.2) is 32.6 Å². The van der Waals surface area contributed by atoms with E-state index in [2.05, 4.69) is 0 Å². The van der Waals surface area contributed by atoms with E-state index in [-0.39, 0.29) is 22.8 Å². The van der Waals surface area contributed by atoms with Crippen molar-refractivity contribution in [3.63, 3.8) is 0 Å². The molecule has 0 saturated heterocycles. The molecule has 0 bridgehead atoms. The molecule has 2 aliphatic carbocycles. The smallest absolute Gasteiger partial charge is 0.245 e.